The summed E-state index contributed by atoms with van der Waals surface area (Å²) in [6.07, 6.45) is 0.999. The summed E-state index contributed by atoms with van der Waals surface area (Å²) in [5.74, 6) is -0.0418. The molecule has 0 saturated heterocycles. The molecule has 1 atom stereocenters. The highest BCUT2D eigenvalue weighted by Crippen LogP contribution is 2.14. The van der Waals surface area contributed by atoms with E-state index in [1.165, 1.54) is 12.5 Å². The zero-order valence-corrected chi connectivity index (χ0v) is 13.6. The summed E-state index contributed by atoms with van der Waals surface area (Å²) in [7, 11) is 1.87. The Morgan fingerprint density at radius 1 is 1.19 bits per heavy atom. The maximum Gasteiger partial charge on any atom is 0.240 e. The number of Topliss-reactive ketones (excluding diaryl/α,β-unsaturated/α-hetero) is 1. The Kier molecular flexibility index (Phi) is 6.40. The Labute approximate surface area is 127 Å². The monoisotopic (exact) mass is 290 g/mol. The minimum atomic E-state index is -0.409. The van der Waals surface area contributed by atoms with Gasteiger partial charge in [-0.2, -0.15) is 0 Å². The van der Waals surface area contributed by atoms with Crippen molar-refractivity contribution < 1.29 is 9.59 Å². The first-order valence-corrected chi connectivity index (χ1v) is 7.45. The van der Waals surface area contributed by atoms with Crippen LogP contribution in [-0.4, -0.2) is 31.3 Å². The Hall–Kier alpha value is -1.84. The van der Waals surface area contributed by atoms with Crippen LogP contribution in [-0.2, 0) is 16.0 Å². The van der Waals surface area contributed by atoms with Crippen molar-refractivity contribution in [3.05, 3.63) is 29.8 Å². The van der Waals surface area contributed by atoms with Crippen molar-refractivity contribution in [2.24, 2.45) is 5.92 Å². The molecule has 0 aliphatic heterocycles. The Morgan fingerprint density at radius 3 is 2.19 bits per heavy atom. The minimum absolute atomic E-state index is 0.00620. The third kappa shape index (κ3) is 5.21. The number of rotatable bonds is 7. The molecule has 4 heteroatoms. The SMILES string of the molecule is CCc1ccc(N(C)CC(=O)NC(C(C)=O)C(C)C)cc1. The molecule has 1 aromatic rings. The van der Waals surface area contributed by atoms with Crippen molar-refractivity contribution in [1.29, 1.82) is 0 Å². The van der Waals surface area contributed by atoms with Crippen molar-refractivity contribution in [2.75, 3.05) is 18.5 Å². The number of nitrogens with zero attached hydrogens (tertiary/aromatic N) is 1. The summed E-state index contributed by atoms with van der Waals surface area (Å²) in [5.41, 5.74) is 2.26. The molecule has 0 bridgehead atoms. The van der Waals surface area contributed by atoms with Gasteiger partial charge in [0.25, 0.3) is 0 Å². The van der Waals surface area contributed by atoms with E-state index in [4.69, 9.17) is 0 Å². The molecule has 1 N–H and O–H groups in total. The van der Waals surface area contributed by atoms with Gasteiger partial charge >= 0.3 is 0 Å². The second kappa shape index (κ2) is 7.81. The molecule has 0 heterocycles. The molecule has 21 heavy (non-hydrogen) atoms. The number of hydrogen-bond acceptors (Lipinski definition) is 3. The minimum Gasteiger partial charge on any atom is -0.365 e. The van der Waals surface area contributed by atoms with E-state index in [9.17, 15) is 9.59 Å². The van der Waals surface area contributed by atoms with Gasteiger partial charge in [-0.05, 0) is 37.0 Å². The topological polar surface area (TPSA) is 49.4 Å². The van der Waals surface area contributed by atoms with Gasteiger partial charge in [0, 0.05) is 12.7 Å². The average molecular weight is 290 g/mol. The van der Waals surface area contributed by atoms with Gasteiger partial charge in [-0.25, -0.2) is 0 Å². The number of nitrogens with one attached hydrogen (secondary N) is 1. The van der Waals surface area contributed by atoms with E-state index in [1.807, 2.05) is 37.9 Å². The van der Waals surface area contributed by atoms with Crippen molar-refractivity contribution in [3.8, 4) is 0 Å². The summed E-state index contributed by atoms with van der Waals surface area (Å²) < 4.78 is 0. The number of anilines is 1. The summed E-state index contributed by atoms with van der Waals surface area (Å²) in [5, 5.41) is 2.81. The quantitative estimate of drug-likeness (QED) is 0.839. The number of carbonyl (C=O) groups excluding carboxylic acids is 2. The lowest BCUT2D eigenvalue weighted by Crippen LogP contribution is -2.46. The van der Waals surface area contributed by atoms with Crippen molar-refractivity contribution in [2.45, 2.75) is 40.2 Å². The van der Waals surface area contributed by atoms with Crippen molar-refractivity contribution in [3.63, 3.8) is 0 Å². The lowest BCUT2D eigenvalue weighted by Gasteiger charge is -2.23. The van der Waals surface area contributed by atoms with E-state index in [0.29, 0.717) is 0 Å². The van der Waals surface area contributed by atoms with Crippen LogP contribution in [0.25, 0.3) is 0 Å². The molecular formula is C17H26N2O2. The molecule has 1 amide bonds. The molecule has 1 rings (SSSR count). The van der Waals surface area contributed by atoms with E-state index in [-0.39, 0.29) is 24.2 Å². The molecular weight excluding hydrogens is 264 g/mol. The van der Waals surface area contributed by atoms with Crippen LogP contribution < -0.4 is 10.2 Å². The van der Waals surface area contributed by atoms with Crippen LogP contribution in [0.15, 0.2) is 24.3 Å². The standard InChI is InChI=1S/C17H26N2O2/c1-6-14-7-9-15(10-8-14)19(5)11-16(21)18-17(12(2)3)13(4)20/h7-10,12,17H,6,11H2,1-5H3,(H,18,21). The number of ketones is 1. The number of amides is 1. The van der Waals surface area contributed by atoms with Crippen LogP contribution in [0.3, 0.4) is 0 Å². The van der Waals surface area contributed by atoms with Crippen LogP contribution in [0.4, 0.5) is 5.69 Å². The highest BCUT2D eigenvalue weighted by molar-refractivity contribution is 5.89. The fourth-order valence-corrected chi connectivity index (χ4v) is 2.25. The van der Waals surface area contributed by atoms with E-state index in [1.54, 1.807) is 0 Å². The van der Waals surface area contributed by atoms with Gasteiger partial charge < -0.3 is 10.2 Å². The molecule has 0 spiro atoms. The normalized spacial score (nSPS) is 12.1. The fraction of sp³-hybridized carbons (Fsp3) is 0.529. The number of carbonyl (C=O) groups is 2. The zero-order chi connectivity index (χ0) is 16.0. The van der Waals surface area contributed by atoms with E-state index >= 15 is 0 Å². The molecule has 0 aromatic heterocycles. The molecule has 1 unspecified atom stereocenters. The van der Waals surface area contributed by atoms with Crippen molar-refractivity contribution >= 4 is 17.4 Å². The lowest BCUT2D eigenvalue weighted by molar-refractivity contribution is -0.127. The lowest BCUT2D eigenvalue weighted by atomic mass is 10.0. The predicted molar refractivity (Wildman–Crippen MR) is 86.5 cm³/mol. The Bertz CT molecular complexity index is 480. The molecule has 0 aliphatic rings. The van der Waals surface area contributed by atoms with Gasteiger partial charge in [-0.15, -0.1) is 0 Å². The van der Waals surface area contributed by atoms with E-state index < -0.39 is 6.04 Å². The van der Waals surface area contributed by atoms with Gasteiger partial charge in [-0.1, -0.05) is 32.9 Å². The first-order valence-electron chi connectivity index (χ1n) is 7.45. The van der Waals surface area contributed by atoms with Crippen molar-refractivity contribution in [1.82, 2.24) is 5.32 Å². The molecule has 0 radical (unpaired) electrons. The molecule has 0 saturated carbocycles. The van der Waals surface area contributed by atoms with Gasteiger partial charge in [0.1, 0.15) is 0 Å². The zero-order valence-electron chi connectivity index (χ0n) is 13.6. The molecule has 116 valence electrons. The van der Waals surface area contributed by atoms with Crippen LogP contribution >= 0.6 is 0 Å². The van der Waals surface area contributed by atoms with Gasteiger partial charge in [-0.3, -0.25) is 9.59 Å². The Morgan fingerprint density at radius 2 is 1.76 bits per heavy atom. The number of benzene rings is 1. The summed E-state index contributed by atoms with van der Waals surface area (Å²) in [4.78, 5) is 25.5. The summed E-state index contributed by atoms with van der Waals surface area (Å²) in [6.45, 7) is 7.72. The molecule has 1 aromatic carbocycles. The highest BCUT2D eigenvalue weighted by atomic mass is 16.2. The van der Waals surface area contributed by atoms with E-state index in [2.05, 4.69) is 24.4 Å². The maximum absolute atomic E-state index is 12.1. The van der Waals surface area contributed by atoms with E-state index in [0.717, 1.165) is 12.1 Å². The largest absolute Gasteiger partial charge is 0.365 e. The molecule has 0 aliphatic carbocycles. The van der Waals surface area contributed by atoms with Crippen LogP contribution in [0.2, 0.25) is 0 Å². The first kappa shape index (κ1) is 17.2. The average Bonchev–Trinajstić information content (AvgIpc) is 2.44. The summed E-state index contributed by atoms with van der Waals surface area (Å²) >= 11 is 0. The van der Waals surface area contributed by atoms with Crippen LogP contribution in [0, 0.1) is 5.92 Å². The van der Waals surface area contributed by atoms with Gasteiger partial charge in [0.05, 0.1) is 12.6 Å². The summed E-state index contributed by atoms with van der Waals surface area (Å²) in [6, 6.07) is 7.74. The molecule has 0 fully saturated rings. The smallest absolute Gasteiger partial charge is 0.240 e. The third-order valence-corrected chi connectivity index (χ3v) is 3.59. The number of likely N-dealkylation sites (N-methyl/N-ethyl adjacent to an activating group) is 1. The van der Waals surface area contributed by atoms with Crippen LogP contribution in [0.1, 0.15) is 33.3 Å². The van der Waals surface area contributed by atoms with Gasteiger partial charge in [0.15, 0.2) is 5.78 Å². The maximum atomic E-state index is 12.1. The van der Waals surface area contributed by atoms with Crippen LogP contribution in [0.5, 0.6) is 0 Å². The highest BCUT2D eigenvalue weighted by Gasteiger charge is 2.21. The Balaban J connectivity index is 2.62. The third-order valence-electron chi connectivity index (χ3n) is 3.59. The molecule has 4 nitrogen and oxygen atoms in total. The predicted octanol–water partition coefficient (Wildman–Crippen LogP) is 2.42. The number of aryl methyl sites for hydroxylation is 1. The van der Waals surface area contributed by atoms with Gasteiger partial charge in [0.2, 0.25) is 5.91 Å². The second-order valence-electron chi connectivity index (χ2n) is 5.78. The fourth-order valence-electron chi connectivity index (χ4n) is 2.25. The number of hydrogen-bond donors (Lipinski definition) is 1. The second-order valence-corrected chi connectivity index (χ2v) is 5.78. The first-order chi connectivity index (χ1) is 9.85.